The van der Waals surface area contributed by atoms with E-state index in [1.54, 1.807) is 0 Å². The molecule has 0 saturated carbocycles. The van der Waals surface area contributed by atoms with Gasteiger partial charge in [-0.2, -0.15) is 13.2 Å². The molecule has 3 aromatic carbocycles. The molecule has 31 heavy (non-hydrogen) atoms. The first kappa shape index (κ1) is 22.0. The van der Waals surface area contributed by atoms with Gasteiger partial charge in [-0.3, -0.25) is 9.59 Å². The van der Waals surface area contributed by atoms with Gasteiger partial charge in [-0.25, -0.2) is 4.39 Å². The Hall–Kier alpha value is -3.68. The third kappa shape index (κ3) is 6.40. The Morgan fingerprint density at radius 1 is 0.903 bits per heavy atom. The summed E-state index contributed by atoms with van der Waals surface area (Å²) >= 11 is 0. The molecule has 0 aliphatic heterocycles. The van der Waals surface area contributed by atoms with Gasteiger partial charge in [0.15, 0.2) is 5.78 Å². The van der Waals surface area contributed by atoms with E-state index in [1.807, 2.05) is 0 Å². The SMILES string of the molecule is O=C(COc1ccc(C(=O)Nc2ccc(F)cc2)cc1)Cc1cccc(C(F)(F)F)c1. The van der Waals surface area contributed by atoms with Crippen LogP contribution in [0.15, 0.2) is 72.8 Å². The van der Waals surface area contributed by atoms with Crippen molar-refractivity contribution >= 4 is 17.4 Å². The molecule has 4 nitrogen and oxygen atoms in total. The normalized spacial score (nSPS) is 11.1. The summed E-state index contributed by atoms with van der Waals surface area (Å²) in [5.74, 6) is -0.880. The van der Waals surface area contributed by atoms with Crippen LogP contribution in [-0.4, -0.2) is 18.3 Å². The van der Waals surface area contributed by atoms with Crippen LogP contribution in [0.4, 0.5) is 23.2 Å². The summed E-state index contributed by atoms with van der Waals surface area (Å²) in [6, 6.07) is 15.9. The summed E-state index contributed by atoms with van der Waals surface area (Å²) in [5, 5.41) is 2.62. The van der Waals surface area contributed by atoms with Crippen molar-refractivity contribution in [2.45, 2.75) is 12.6 Å². The molecule has 0 saturated heterocycles. The van der Waals surface area contributed by atoms with Crippen molar-refractivity contribution in [3.63, 3.8) is 0 Å². The molecule has 3 rings (SSSR count). The molecule has 0 bridgehead atoms. The lowest BCUT2D eigenvalue weighted by Crippen LogP contribution is -2.15. The van der Waals surface area contributed by atoms with E-state index in [0.29, 0.717) is 17.0 Å². The third-order valence-electron chi connectivity index (χ3n) is 4.27. The van der Waals surface area contributed by atoms with Crippen LogP contribution in [0.3, 0.4) is 0 Å². The molecule has 0 spiro atoms. The lowest BCUT2D eigenvalue weighted by molar-refractivity contribution is -0.137. The second kappa shape index (κ2) is 9.42. The Balaban J connectivity index is 1.52. The van der Waals surface area contributed by atoms with Gasteiger partial charge in [-0.15, -0.1) is 0 Å². The molecule has 0 unspecified atom stereocenters. The summed E-state index contributed by atoms with van der Waals surface area (Å²) in [4.78, 5) is 24.2. The summed E-state index contributed by atoms with van der Waals surface area (Å²) in [6.45, 7) is -0.322. The fraction of sp³-hybridized carbons (Fsp3) is 0.130. The van der Waals surface area contributed by atoms with Crippen molar-refractivity contribution in [2.75, 3.05) is 11.9 Å². The van der Waals surface area contributed by atoms with Crippen LogP contribution in [0.1, 0.15) is 21.5 Å². The number of halogens is 4. The zero-order valence-electron chi connectivity index (χ0n) is 16.1. The molecule has 1 amide bonds. The maximum atomic E-state index is 12.9. The predicted molar refractivity (Wildman–Crippen MR) is 106 cm³/mol. The number of nitrogens with one attached hydrogen (secondary N) is 1. The van der Waals surface area contributed by atoms with Gasteiger partial charge in [-0.05, 0) is 60.2 Å². The highest BCUT2D eigenvalue weighted by Crippen LogP contribution is 2.29. The standard InChI is InChI=1S/C23H17F4NO3/c24-18-6-8-19(9-7-18)28-22(30)16-4-10-21(11-5-16)31-14-20(29)13-15-2-1-3-17(12-15)23(25,26)27/h1-12H,13-14H2,(H,28,30). The van der Waals surface area contributed by atoms with Gasteiger partial charge in [0, 0.05) is 17.7 Å². The molecule has 0 fully saturated rings. The van der Waals surface area contributed by atoms with Crippen LogP contribution in [0, 0.1) is 5.82 Å². The number of carbonyl (C=O) groups is 2. The fourth-order valence-corrected chi connectivity index (χ4v) is 2.74. The zero-order chi connectivity index (χ0) is 22.4. The second-order valence-corrected chi connectivity index (χ2v) is 6.69. The summed E-state index contributed by atoms with van der Waals surface area (Å²) in [7, 11) is 0. The van der Waals surface area contributed by atoms with Crippen molar-refractivity contribution < 1.29 is 31.9 Å². The molecule has 0 heterocycles. The Morgan fingerprint density at radius 3 is 2.23 bits per heavy atom. The van der Waals surface area contributed by atoms with Crippen molar-refractivity contribution in [1.29, 1.82) is 0 Å². The van der Waals surface area contributed by atoms with Crippen molar-refractivity contribution in [3.8, 4) is 5.75 Å². The second-order valence-electron chi connectivity index (χ2n) is 6.69. The largest absolute Gasteiger partial charge is 0.486 e. The maximum Gasteiger partial charge on any atom is 0.416 e. The molecule has 1 N–H and O–H groups in total. The molecular formula is C23H17F4NO3. The zero-order valence-corrected chi connectivity index (χ0v) is 16.1. The van der Waals surface area contributed by atoms with E-state index in [-0.39, 0.29) is 18.6 Å². The van der Waals surface area contributed by atoms with Crippen molar-refractivity contribution in [1.82, 2.24) is 0 Å². The van der Waals surface area contributed by atoms with Gasteiger partial charge in [0.1, 0.15) is 18.2 Å². The minimum atomic E-state index is -4.47. The van der Waals surface area contributed by atoms with Crippen LogP contribution in [-0.2, 0) is 17.4 Å². The third-order valence-corrected chi connectivity index (χ3v) is 4.27. The lowest BCUT2D eigenvalue weighted by atomic mass is 10.1. The average Bonchev–Trinajstić information content (AvgIpc) is 2.74. The predicted octanol–water partition coefficient (Wildman–Crippen LogP) is 5.29. The minimum Gasteiger partial charge on any atom is -0.486 e. The van der Waals surface area contributed by atoms with Crippen molar-refractivity contribution in [2.24, 2.45) is 0 Å². The summed E-state index contributed by atoms with van der Waals surface area (Å²) in [5.41, 5.74) is 0.198. The van der Waals surface area contributed by atoms with Crippen LogP contribution in [0.2, 0.25) is 0 Å². The molecule has 0 aromatic heterocycles. The Labute approximate surface area is 175 Å². The quantitative estimate of drug-likeness (QED) is 0.518. The number of rotatable bonds is 7. The van der Waals surface area contributed by atoms with E-state index in [1.165, 1.54) is 60.7 Å². The topological polar surface area (TPSA) is 55.4 Å². The molecule has 3 aromatic rings. The highest BCUT2D eigenvalue weighted by molar-refractivity contribution is 6.04. The number of Topliss-reactive ketones (excluding diaryl/α,β-unsaturated/α-hetero) is 1. The molecule has 160 valence electrons. The maximum absolute atomic E-state index is 12.9. The van der Waals surface area contributed by atoms with Crippen LogP contribution in [0.25, 0.3) is 0 Å². The number of amides is 1. The van der Waals surface area contributed by atoms with Gasteiger partial charge in [-0.1, -0.05) is 18.2 Å². The molecule has 0 aliphatic rings. The molecule has 0 aliphatic carbocycles. The van der Waals surface area contributed by atoms with Crippen LogP contribution in [0.5, 0.6) is 5.75 Å². The van der Waals surface area contributed by atoms with E-state index in [2.05, 4.69) is 5.32 Å². The van der Waals surface area contributed by atoms with Crippen LogP contribution >= 0.6 is 0 Å². The highest BCUT2D eigenvalue weighted by Gasteiger charge is 2.30. The Morgan fingerprint density at radius 2 is 1.58 bits per heavy atom. The molecule has 0 atom stereocenters. The summed E-state index contributed by atoms with van der Waals surface area (Å²) in [6.07, 6.45) is -4.66. The smallest absolute Gasteiger partial charge is 0.416 e. The van der Waals surface area contributed by atoms with Crippen molar-refractivity contribution in [3.05, 3.63) is 95.3 Å². The number of ketones is 1. The van der Waals surface area contributed by atoms with Gasteiger partial charge >= 0.3 is 6.18 Å². The fourth-order valence-electron chi connectivity index (χ4n) is 2.74. The highest BCUT2D eigenvalue weighted by atomic mass is 19.4. The number of benzene rings is 3. The van der Waals surface area contributed by atoms with Gasteiger partial charge in [0.25, 0.3) is 5.91 Å². The van der Waals surface area contributed by atoms with E-state index < -0.39 is 29.2 Å². The number of hydrogen-bond donors (Lipinski definition) is 1. The Bertz CT molecular complexity index is 1060. The summed E-state index contributed by atoms with van der Waals surface area (Å²) < 4.78 is 56.5. The number of hydrogen-bond acceptors (Lipinski definition) is 3. The van der Waals surface area contributed by atoms with Gasteiger partial charge in [0.05, 0.1) is 5.56 Å². The number of carbonyl (C=O) groups excluding carboxylic acids is 2. The monoisotopic (exact) mass is 431 g/mol. The molecule has 8 heteroatoms. The number of ether oxygens (including phenoxy) is 1. The number of alkyl halides is 3. The Kier molecular flexibility index (Phi) is 6.69. The van der Waals surface area contributed by atoms with Gasteiger partial charge in [0.2, 0.25) is 0 Å². The first-order valence-electron chi connectivity index (χ1n) is 9.18. The first-order chi connectivity index (χ1) is 14.7. The van der Waals surface area contributed by atoms with E-state index in [9.17, 15) is 27.2 Å². The van der Waals surface area contributed by atoms with E-state index in [4.69, 9.17) is 4.74 Å². The first-order valence-corrected chi connectivity index (χ1v) is 9.18. The van der Waals surface area contributed by atoms with Gasteiger partial charge < -0.3 is 10.1 Å². The van der Waals surface area contributed by atoms with E-state index in [0.717, 1.165) is 12.1 Å². The lowest BCUT2D eigenvalue weighted by Gasteiger charge is -2.09. The van der Waals surface area contributed by atoms with E-state index >= 15 is 0 Å². The number of anilines is 1. The molecular weight excluding hydrogens is 414 g/mol. The van der Waals surface area contributed by atoms with Crippen LogP contribution < -0.4 is 10.1 Å². The minimum absolute atomic E-state index is 0.192. The molecule has 0 radical (unpaired) electrons. The average molecular weight is 431 g/mol.